The highest BCUT2D eigenvalue weighted by atomic mass is 127. The van der Waals surface area contributed by atoms with Crippen molar-refractivity contribution in [2.45, 2.75) is 13.5 Å². The van der Waals surface area contributed by atoms with Crippen LogP contribution >= 0.6 is 22.6 Å². The first kappa shape index (κ1) is 12.2. The predicted molar refractivity (Wildman–Crippen MR) is 75.4 cm³/mol. The third-order valence-electron chi connectivity index (χ3n) is 2.57. The molecular formula is C13H12INO2. The van der Waals surface area contributed by atoms with Crippen molar-refractivity contribution in [3.8, 4) is 5.75 Å². The summed E-state index contributed by atoms with van der Waals surface area (Å²) in [4.78, 5) is 11.7. The molecule has 0 fully saturated rings. The van der Waals surface area contributed by atoms with Crippen LogP contribution in [0.4, 0.5) is 0 Å². The average Bonchev–Trinajstić information content (AvgIpc) is 2.26. The summed E-state index contributed by atoms with van der Waals surface area (Å²) in [6, 6.07) is 10.8. The van der Waals surface area contributed by atoms with Crippen LogP contribution in [-0.2, 0) is 6.54 Å². The van der Waals surface area contributed by atoms with E-state index < -0.39 is 0 Å². The first-order chi connectivity index (χ1) is 8.06. The second-order valence-electron chi connectivity index (χ2n) is 3.91. The van der Waals surface area contributed by atoms with E-state index in [1.807, 2.05) is 31.2 Å². The lowest BCUT2D eigenvalue weighted by Gasteiger charge is -2.10. The average molecular weight is 341 g/mol. The molecular weight excluding hydrogens is 329 g/mol. The summed E-state index contributed by atoms with van der Waals surface area (Å²) < 4.78 is 2.81. The molecule has 1 N–H and O–H groups in total. The Morgan fingerprint density at radius 1 is 1.24 bits per heavy atom. The van der Waals surface area contributed by atoms with Crippen LogP contribution in [0.2, 0.25) is 0 Å². The number of benzene rings is 1. The van der Waals surface area contributed by atoms with Gasteiger partial charge in [-0.25, -0.2) is 0 Å². The van der Waals surface area contributed by atoms with Crippen LogP contribution in [0.25, 0.3) is 0 Å². The second kappa shape index (κ2) is 4.91. The first-order valence-electron chi connectivity index (χ1n) is 5.21. The summed E-state index contributed by atoms with van der Waals surface area (Å²) in [6.45, 7) is 2.34. The summed E-state index contributed by atoms with van der Waals surface area (Å²) in [5.41, 5.74) is 1.65. The van der Waals surface area contributed by atoms with E-state index in [-0.39, 0.29) is 11.3 Å². The Hall–Kier alpha value is -1.30. The third-order valence-corrected chi connectivity index (χ3v) is 3.29. The molecule has 0 aliphatic carbocycles. The van der Waals surface area contributed by atoms with Gasteiger partial charge in [0.25, 0.3) is 5.56 Å². The lowest BCUT2D eigenvalue weighted by atomic mass is 10.2. The van der Waals surface area contributed by atoms with Crippen LogP contribution in [0.3, 0.4) is 0 Å². The van der Waals surface area contributed by atoms with Crippen LogP contribution in [-0.4, -0.2) is 9.67 Å². The summed E-state index contributed by atoms with van der Waals surface area (Å²) >= 11 is 2.24. The Balaban J connectivity index is 2.36. The van der Waals surface area contributed by atoms with Gasteiger partial charge < -0.3 is 9.67 Å². The van der Waals surface area contributed by atoms with Gasteiger partial charge in [-0.3, -0.25) is 4.79 Å². The number of hydrogen-bond acceptors (Lipinski definition) is 2. The molecule has 0 aliphatic heterocycles. The van der Waals surface area contributed by atoms with E-state index in [2.05, 4.69) is 22.6 Å². The van der Waals surface area contributed by atoms with Crippen molar-refractivity contribution in [2.75, 3.05) is 0 Å². The number of aromatic hydroxyl groups is 1. The highest BCUT2D eigenvalue weighted by molar-refractivity contribution is 14.1. The standard InChI is InChI=1S/C13H12INO2/c1-9-6-12(16)7-13(17)15(9)8-10-2-4-11(14)5-3-10/h2-7,16H,8H2,1H3. The van der Waals surface area contributed by atoms with E-state index in [0.717, 1.165) is 11.3 Å². The molecule has 0 saturated carbocycles. The van der Waals surface area contributed by atoms with Crippen LogP contribution in [0, 0.1) is 10.5 Å². The van der Waals surface area contributed by atoms with Crippen LogP contribution in [0.15, 0.2) is 41.2 Å². The maximum Gasteiger partial charge on any atom is 0.254 e. The molecule has 0 saturated heterocycles. The summed E-state index contributed by atoms with van der Waals surface area (Å²) in [5.74, 6) is 0.0198. The minimum atomic E-state index is -0.180. The van der Waals surface area contributed by atoms with Crippen LogP contribution in [0.5, 0.6) is 5.75 Å². The Kier molecular flexibility index (Phi) is 3.51. The van der Waals surface area contributed by atoms with Crippen molar-refractivity contribution in [3.05, 3.63) is 61.6 Å². The number of rotatable bonds is 2. The van der Waals surface area contributed by atoms with E-state index >= 15 is 0 Å². The zero-order chi connectivity index (χ0) is 12.4. The van der Waals surface area contributed by atoms with Crippen molar-refractivity contribution in [1.29, 1.82) is 0 Å². The van der Waals surface area contributed by atoms with Crippen molar-refractivity contribution in [2.24, 2.45) is 0 Å². The minimum Gasteiger partial charge on any atom is -0.508 e. The Labute approximate surface area is 113 Å². The second-order valence-corrected chi connectivity index (χ2v) is 5.15. The zero-order valence-corrected chi connectivity index (χ0v) is 11.5. The fourth-order valence-corrected chi connectivity index (χ4v) is 2.05. The number of hydrogen-bond donors (Lipinski definition) is 1. The van der Waals surface area contributed by atoms with E-state index in [1.54, 1.807) is 10.6 Å². The topological polar surface area (TPSA) is 42.2 Å². The van der Waals surface area contributed by atoms with Gasteiger partial charge in [0.05, 0.1) is 6.54 Å². The Morgan fingerprint density at radius 2 is 1.88 bits per heavy atom. The van der Waals surface area contributed by atoms with Crippen LogP contribution in [0.1, 0.15) is 11.3 Å². The van der Waals surface area contributed by atoms with Gasteiger partial charge in [-0.1, -0.05) is 12.1 Å². The van der Waals surface area contributed by atoms with E-state index in [4.69, 9.17) is 0 Å². The van der Waals surface area contributed by atoms with Gasteiger partial charge in [0.15, 0.2) is 0 Å². The van der Waals surface area contributed by atoms with Gasteiger partial charge in [0.2, 0.25) is 0 Å². The fraction of sp³-hybridized carbons (Fsp3) is 0.154. The van der Waals surface area contributed by atoms with Crippen LogP contribution < -0.4 is 5.56 Å². The molecule has 17 heavy (non-hydrogen) atoms. The van der Waals surface area contributed by atoms with E-state index in [0.29, 0.717) is 6.54 Å². The molecule has 0 spiro atoms. The highest BCUT2D eigenvalue weighted by Crippen LogP contribution is 2.11. The lowest BCUT2D eigenvalue weighted by molar-refractivity contribution is 0.470. The first-order valence-corrected chi connectivity index (χ1v) is 6.29. The molecule has 3 nitrogen and oxygen atoms in total. The van der Waals surface area contributed by atoms with Crippen molar-refractivity contribution < 1.29 is 5.11 Å². The van der Waals surface area contributed by atoms with E-state index in [9.17, 15) is 9.90 Å². The van der Waals surface area contributed by atoms with E-state index in [1.165, 1.54) is 9.64 Å². The Bertz CT molecular complexity index is 587. The number of halogens is 1. The highest BCUT2D eigenvalue weighted by Gasteiger charge is 2.03. The monoisotopic (exact) mass is 341 g/mol. The maximum atomic E-state index is 11.7. The van der Waals surface area contributed by atoms with Gasteiger partial charge in [-0.15, -0.1) is 0 Å². The molecule has 0 amide bonds. The third kappa shape index (κ3) is 2.88. The predicted octanol–water partition coefficient (Wildman–Crippen LogP) is 2.52. The molecule has 0 aliphatic rings. The molecule has 2 aromatic rings. The van der Waals surface area contributed by atoms with Gasteiger partial charge in [-0.2, -0.15) is 0 Å². The molecule has 0 unspecified atom stereocenters. The number of aryl methyl sites for hydroxylation is 1. The molecule has 1 aromatic carbocycles. The normalized spacial score (nSPS) is 10.5. The smallest absolute Gasteiger partial charge is 0.254 e. The molecule has 0 atom stereocenters. The maximum absolute atomic E-state index is 11.7. The van der Waals surface area contributed by atoms with Crippen molar-refractivity contribution in [3.63, 3.8) is 0 Å². The lowest BCUT2D eigenvalue weighted by Crippen LogP contribution is -2.21. The molecule has 88 valence electrons. The van der Waals surface area contributed by atoms with Gasteiger partial charge >= 0.3 is 0 Å². The molecule has 2 rings (SSSR count). The number of pyridine rings is 1. The van der Waals surface area contributed by atoms with Crippen molar-refractivity contribution in [1.82, 2.24) is 4.57 Å². The summed E-state index contributed by atoms with van der Waals surface area (Å²) in [6.07, 6.45) is 0. The van der Waals surface area contributed by atoms with Gasteiger partial charge in [-0.05, 0) is 53.3 Å². The van der Waals surface area contributed by atoms with Crippen molar-refractivity contribution >= 4 is 22.6 Å². The van der Waals surface area contributed by atoms with Gasteiger partial charge in [0.1, 0.15) is 5.75 Å². The molecule has 1 heterocycles. The fourth-order valence-electron chi connectivity index (χ4n) is 1.69. The molecule has 1 aromatic heterocycles. The SMILES string of the molecule is Cc1cc(O)cc(=O)n1Cc1ccc(I)cc1. The summed E-state index contributed by atoms with van der Waals surface area (Å²) in [5, 5.41) is 9.31. The quantitative estimate of drug-likeness (QED) is 0.853. The number of aromatic nitrogens is 1. The number of nitrogens with zero attached hydrogens (tertiary/aromatic N) is 1. The van der Waals surface area contributed by atoms with Gasteiger partial charge in [0, 0.05) is 15.3 Å². The largest absolute Gasteiger partial charge is 0.508 e. The minimum absolute atomic E-state index is 0.0198. The Morgan fingerprint density at radius 3 is 2.47 bits per heavy atom. The molecule has 4 heteroatoms. The molecule has 0 bridgehead atoms. The zero-order valence-electron chi connectivity index (χ0n) is 9.35. The summed E-state index contributed by atoms with van der Waals surface area (Å²) in [7, 11) is 0. The molecule has 0 radical (unpaired) electrons.